The Morgan fingerprint density at radius 3 is 1.68 bits per heavy atom. The van der Waals surface area contributed by atoms with Crippen LogP contribution in [0.4, 0.5) is 27.2 Å². The third kappa shape index (κ3) is 10.6. The Labute approximate surface area is 376 Å². The molecule has 4 atom stereocenters. The highest BCUT2D eigenvalue weighted by Gasteiger charge is 2.45. The Balaban J connectivity index is 0.000000195. The van der Waals surface area contributed by atoms with Gasteiger partial charge in [0.25, 0.3) is 0 Å². The first-order chi connectivity index (χ1) is 31.3. The Morgan fingerprint density at radius 2 is 1.18 bits per heavy atom. The van der Waals surface area contributed by atoms with Crippen LogP contribution in [0.2, 0.25) is 0 Å². The van der Waals surface area contributed by atoms with E-state index in [1.54, 1.807) is 40.1 Å². The molecule has 0 saturated carbocycles. The van der Waals surface area contributed by atoms with Crippen molar-refractivity contribution >= 4 is 12.2 Å². The zero-order valence-electron chi connectivity index (χ0n) is 35.9. The number of aliphatic hydroxyl groups is 2. The second kappa shape index (κ2) is 20.4. The number of cyclic esters (lactones) is 2. The van der Waals surface area contributed by atoms with Gasteiger partial charge in [0.15, 0.2) is 0 Å². The quantitative estimate of drug-likeness (QED) is 0.0885. The summed E-state index contributed by atoms with van der Waals surface area (Å²) in [5.74, 6) is -2.48. The molecule has 2 saturated heterocycles. The lowest BCUT2D eigenvalue weighted by atomic mass is 9.83. The molecule has 1 unspecified atom stereocenters. The molecule has 2 aliphatic rings. The van der Waals surface area contributed by atoms with Crippen molar-refractivity contribution in [3.63, 3.8) is 0 Å². The Morgan fingerprint density at radius 1 is 0.677 bits per heavy atom. The standard InChI is InChI=1S/C27H27F2NO4.C26H23F2NO2/c1-18(19-7-9-20(10-8-19)24-12-11-22(28)15-25(24)29)30-14-13-27(34-26(30)33,16-23(32)17-31)21-5-3-2-4-6-21;1-2-14-26(21-6-4-3-5-7-21)15-16-29(25(30)31-26)18-19-8-10-20(11-9-19)23-13-12-22(27)17-24(23)28/h2-12,15,18,23,31-32H,13-14,16-17H2,1H3;2-13,17H,1,14-16,18H2/t18-,23?,27-;26-/m01/s1. The van der Waals surface area contributed by atoms with Crippen LogP contribution < -0.4 is 0 Å². The summed E-state index contributed by atoms with van der Waals surface area (Å²) < 4.78 is 66.4. The van der Waals surface area contributed by atoms with Crippen LogP contribution in [-0.4, -0.2) is 58.0 Å². The fourth-order valence-corrected chi connectivity index (χ4v) is 8.52. The largest absolute Gasteiger partial charge is 0.438 e. The SMILES string of the molecule is C=CC[C@]1(c2ccccc2)CCN(Cc2ccc(-c3ccc(F)cc3F)cc2)C(=O)O1.C[C@@H](c1ccc(-c2ccc(F)cc2F)cc1)N1CC[C@](CC(O)CO)(c2ccccc2)OC1=O. The minimum Gasteiger partial charge on any atom is -0.438 e. The Kier molecular flexibility index (Phi) is 14.5. The smallest absolute Gasteiger partial charge is 0.411 e. The number of hydrogen-bond acceptors (Lipinski definition) is 6. The van der Waals surface area contributed by atoms with E-state index < -0.39 is 53.3 Å². The van der Waals surface area contributed by atoms with E-state index in [4.69, 9.17) is 9.47 Å². The third-order valence-electron chi connectivity index (χ3n) is 12.1. The van der Waals surface area contributed by atoms with Gasteiger partial charge >= 0.3 is 12.2 Å². The molecule has 6 aromatic rings. The third-order valence-corrected chi connectivity index (χ3v) is 12.1. The number of carbonyl (C=O) groups is 2. The zero-order chi connectivity index (χ0) is 46.1. The number of ether oxygens (including phenoxy) is 2. The second-order valence-electron chi connectivity index (χ2n) is 16.3. The lowest BCUT2D eigenvalue weighted by Gasteiger charge is -2.44. The number of benzene rings is 6. The molecule has 8 rings (SSSR count). The van der Waals surface area contributed by atoms with Gasteiger partial charge in [0, 0.05) is 68.6 Å². The lowest BCUT2D eigenvalue weighted by Crippen LogP contribution is -2.50. The summed E-state index contributed by atoms with van der Waals surface area (Å²) in [6.07, 6.45) is 1.64. The fraction of sp³-hybridized carbons (Fsp3) is 0.245. The van der Waals surface area contributed by atoms with Gasteiger partial charge in [0.1, 0.15) is 34.5 Å². The van der Waals surface area contributed by atoms with Crippen molar-refractivity contribution in [2.24, 2.45) is 0 Å². The number of amides is 2. The Bertz CT molecular complexity index is 2580. The van der Waals surface area contributed by atoms with Crippen LogP contribution in [0.1, 0.15) is 60.9 Å². The topological polar surface area (TPSA) is 99.5 Å². The number of carbonyl (C=O) groups excluding carboxylic acids is 2. The maximum Gasteiger partial charge on any atom is 0.411 e. The molecule has 2 amide bonds. The Hall–Kier alpha value is -6.76. The minimum absolute atomic E-state index is 0.0966. The van der Waals surface area contributed by atoms with E-state index in [0.717, 1.165) is 34.4 Å². The highest BCUT2D eigenvalue weighted by molar-refractivity contribution is 5.71. The van der Waals surface area contributed by atoms with Crippen molar-refractivity contribution in [2.75, 3.05) is 19.7 Å². The number of rotatable bonds is 13. The molecule has 6 aromatic carbocycles. The maximum absolute atomic E-state index is 14.1. The number of nitrogens with zero attached hydrogens (tertiary/aromatic N) is 2. The van der Waals surface area contributed by atoms with Crippen molar-refractivity contribution < 1.29 is 46.8 Å². The molecule has 2 aliphatic heterocycles. The molecule has 12 heteroatoms. The number of halogens is 4. The second-order valence-corrected chi connectivity index (χ2v) is 16.3. The molecule has 2 heterocycles. The summed E-state index contributed by atoms with van der Waals surface area (Å²) in [4.78, 5) is 29.2. The predicted molar refractivity (Wildman–Crippen MR) is 240 cm³/mol. The normalized spacial score (nSPS) is 19.3. The van der Waals surface area contributed by atoms with E-state index in [0.29, 0.717) is 61.2 Å². The van der Waals surface area contributed by atoms with Crippen molar-refractivity contribution in [3.8, 4) is 22.3 Å². The predicted octanol–water partition coefficient (Wildman–Crippen LogP) is 11.6. The highest BCUT2D eigenvalue weighted by Crippen LogP contribution is 2.41. The average Bonchev–Trinajstić information content (AvgIpc) is 3.31. The van der Waals surface area contributed by atoms with Gasteiger partial charge in [-0.15, -0.1) is 6.58 Å². The first kappa shape index (κ1) is 46.2. The molecule has 0 spiro atoms. The lowest BCUT2D eigenvalue weighted by molar-refractivity contribution is -0.0892. The van der Waals surface area contributed by atoms with Gasteiger partial charge in [0.2, 0.25) is 0 Å². The van der Waals surface area contributed by atoms with Gasteiger partial charge in [0.05, 0.1) is 18.8 Å². The van der Waals surface area contributed by atoms with Crippen LogP contribution in [0.25, 0.3) is 22.3 Å². The average molecular weight is 887 g/mol. The monoisotopic (exact) mass is 886 g/mol. The highest BCUT2D eigenvalue weighted by atomic mass is 19.1. The first-order valence-electron chi connectivity index (χ1n) is 21.4. The summed E-state index contributed by atoms with van der Waals surface area (Å²) in [5.41, 5.74) is 3.65. The maximum atomic E-state index is 14.1. The molecule has 65 heavy (non-hydrogen) atoms. The van der Waals surface area contributed by atoms with Gasteiger partial charge in [-0.1, -0.05) is 115 Å². The molecular formula is C53H50F4N2O6. The molecule has 8 nitrogen and oxygen atoms in total. The summed E-state index contributed by atoms with van der Waals surface area (Å²) in [6.45, 7) is 6.62. The minimum atomic E-state index is -1.03. The van der Waals surface area contributed by atoms with Gasteiger partial charge in [-0.3, -0.25) is 0 Å². The van der Waals surface area contributed by atoms with Crippen LogP contribution in [0.5, 0.6) is 0 Å². The molecule has 0 bridgehead atoms. The van der Waals surface area contributed by atoms with Gasteiger partial charge in [-0.2, -0.15) is 0 Å². The van der Waals surface area contributed by atoms with Crippen LogP contribution in [0, 0.1) is 23.3 Å². The summed E-state index contributed by atoms with van der Waals surface area (Å²) in [5, 5.41) is 19.5. The molecule has 0 aliphatic carbocycles. The van der Waals surface area contributed by atoms with Crippen molar-refractivity contribution in [2.45, 2.75) is 62.5 Å². The molecule has 2 N–H and O–H groups in total. The van der Waals surface area contributed by atoms with E-state index in [1.165, 1.54) is 24.3 Å². The molecule has 0 radical (unpaired) electrons. The van der Waals surface area contributed by atoms with E-state index in [1.807, 2.05) is 91.9 Å². The number of hydrogen-bond donors (Lipinski definition) is 2. The van der Waals surface area contributed by atoms with Crippen molar-refractivity contribution in [1.82, 2.24) is 9.80 Å². The summed E-state index contributed by atoms with van der Waals surface area (Å²) >= 11 is 0. The molecule has 0 aromatic heterocycles. The van der Waals surface area contributed by atoms with Crippen LogP contribution in [-0.2, 0) is 27.2 Å². The van der Waals surface area contributed by atoms with Crippen molar-refractivity contribution in [3.05, 3.63) is 204 Å². The van der Waals surface area contributed by atoms with Crippen LogP contribution >= 0.6 is 0 Å². The fourth-order valence-electron chi connectivity index (χ4n) is 8.52. The van der Waals surface area contributed by atoms with Gasteiger partial charge < -0.3 is 29.5 Å². The molecular weight excluding hydrogens is 837 g/mol. The van der Waals surface area contributed by atoms with Crippen LogP contribution in [0.3, 0.4) is 0 Å². The first-order valence-corrected chi connectivity index (χ1v) is 21.4. The summed E-state index contributed by atoms with van der Waals surface area (Å²) in [7, 11) is 0. The number of aliphatic hydroxyl groups excluding tert-OH is 2. The van der Waals surface area contributed by atoms with E-state index in [9.17, 15) is 37.4 Å². The van der Waals surface area contributed by atoms with E-state index in [-0.39, 0.29) is 18.6 Å². The van der Waals surface area contributed by atoms with E-state index in [2.05, 4.69) is 6.58 Å². The van der Waals surface area contributed by atoms with Crippen LogP contribution in [0.15, 0.2) is 158 Å². The zero-order valence-corrected chi connectivity index (χ0v) is 35.9. The van der Waals surface area contributed by atoms with E-state index >= 15 is 0 Å². The summed E-state index contributed by atoms with van der Waals surface area (Å²) in [6, 6.07) is 40.0. The van der Waals surface area contributed by atoms with Crippen molar-refractivity contribution in [1.29, 1.82) is 0 Å². The molecule has 2 fully saturated rings. The van der Waals surface area contributed by atoms with Gasteiger partial charge in [-0.25, -0.2) is 27.2 Å². The van der Waals surface area contributed by atoms with Gasteiger partial charge in [-0.05, 0) is 64.6 Å². The molecule has 336 valence electrons.